The highest BCUT2D eigenvalue weighted by atomic mass is 15.2. The summed E-state index contributed by atoms with van der Waals surface area (Å²) in [7, 11) is 0. The van der Waals surface area contributed by atoms with E-state index in [1.54, 1.807) is 6.21 Å². The third-order valence-corrected chi connectivity index (χ3v) is 0.861. The van der Waals surface area contributed by atoms with Crippen molar-refractivity contribution in [3.8, 4) is 0 Å². The van der Waals surface area contributed by atoms with Crippen molar-refractivity contribution in [1.82, 2.24) is 0 Å². The van der Waals surface area contributed by atoms with Crippen LogP contribution in [-0.4, -0.2) is 12.9 Å². The Kier molecular flexibility index (Phi) is 6.36. The molecule has 0 amide bonds. The van der Waals surface area contributed by atoms with Crippen LogP contribution in [0.5, 0.6) is 0 Å². The quantitative estimate of drug-likeness (QED) is 0.237. The molecule has 0 saturated heterocycles. The third-order valence-electron chi connectivity index (χ3n) is 0.861. The van der Waals surface area contributed by atoms with E-state index < -0.39 is 0 Å². The molecule has 0 unspecified atom stereocenters. The van der Waals surface area contributed by atoms with Gasteiger partial charge in [-0.3, -0.25) is 0 Å². The van der Waals surface area contributed by atoms with E-state index in [1.807, 2.05) is 13.0 Å². The summed E-state index contributed by atoms with van der Waals surface area (Å²) < 4.78 is 0. The van der Waals surface area contributed by atoms with Crippen molar-refractivity contribution in [2.24, 2.45) is 10.2 Å². The fourth-order valence-corrected chi connectivity index (χ4v) is 0.453. The molecule has 2 nitrogen and oxygen atoms in total. The number of nitrogens with zero attached hydrogens (tertiary/aromatic N) is 2. The van der Waals surface area contributed by atoms with Gasteiger partial charge >= 0.3 is 0 Å². The molecule has 50 valence electrons. The molecule has 0 spiro atoms. The van der Waals surface area contributed by atoms with Gasteiger partial charge in [-0.2, -0.15) is 10.2 Å². The van der Waals surface area contributed by atoms with Gasteiger partial charge in [-0.15, -0.1) is 0 Å². The molecule has 0 rings (SSSR count). The van der Waals surface area contributed by atoms with Crippen LogP contribution in [0.25, 0.3) is 0 Å². The maximum atomic E-state index is 3.60. The van der Waals surface area contributed by atoms with Gasteiger partial charge in [0.05, 0.1) is 0 Å². The smallest absolute Gasteiger partial charge is 0.0273 e. The minimum atomic E-state index is 0.948. The molecule has 0 radical (unpaired) electrons. The van der Waals surface area contributed by atoms with Crippen LogP contribution < -0.4 is 0 Å². The second kappa shape index (κ2) is 7.08. The Morgan fingerprint density at radius 2 is 2.22 bits per heavy atom. The van der Waals surface area contributed by atoms with Crippen molar-refractivity contribution < 1.29 is 0 Å². The average Bonchev–Trinajstić information content (AvgIpc) is 1.89. The van der Waals surface area contributed by atoms with Gasteiger partial charge in [-0.1, -0.05) is 12.2 Å². The molecule has 0 aromatic carbocycles. The summed E-state index contributed by atoms with van der Waals surface area (Å²) in [5, 5.41) is 6.93. The van der Waals surface area contributed by atoms with Crippen LogP contribution in [0, 0.1) is 0 Å². The lowest BCUT2D eigenvalue weighted by atomic mass is 10.3. The molecule has 0 aromatic heterocycles. The minimum absolute atomic E-state index is 0.948. The number of hydrogen-bond acceptors (Lipinski definition) is 2. The molecule has 0 atom stereocenters. The Balaban J connectivity index is 3.08. The summed E-state index contributed by atoms with van der Waals surface area (Å²) >= 11 is 0. The zero-order chi connectivity index (χ0) is 6.95. The lowest BCUT2D eigenvalue weighted by molar-refractivity contribution is 1.10. The second-order valence-electron chi connectivity index (χ2n) is 1.59. The first kappa shape index (κ1) is 8.08. The monoisotopic (exact) mass is 124 g/mol. The molecular weight excluding hydrogens is 112 g/mol. The molecule has 0 heterocycles. The van der Waals surface area contributed by atoms with E-state index in [0.29, 0.717) is 0 Å². The second-order valence-corrected chi connectivity index (χ2v) is 1.59. The Morgan fingerprint density at radius 3 is 2.78 bits per heavy atom. The van der Waals surface area contributed by atoms with E-state index in [2.05, 4.69) is 23.0 Å². The van der Waals surface area contributed by atoms with Crippen molar-refractivity contribution >= 4 is 12.9 Å². The van der Waals surface area contributed by atoms with Gasteiger partial charge in [0.15, 0.2) is 0 Å². The van der Waals surface area contributed by atoms with E-state index in [4.69, 9.17) is 0 Å². The molecule has 0 aliphatic rings. The Hall–Kier alpha value is -0.920. The first-order valence-corrected chi connectivity index (χ1v) is 3.00. The normalized spacial score (nSPS) is 11.2. The van der Waals surface area contributed by atoms with Crippen molar-refractivity contribution in [1.29, 1.82) is 0 Å². The molecular formula is C7H12N2. The van der Waals surface area contributed by atoms with Gasteiger partial charge < -0.3 is 0 Å². The third kappa shape index (κ3) is 7.08. The summed E-state index contributed by atoms with van der Waals surface area (Å²) in [5.74, 6) is 0. The van der Waals surface area contributed by atoms with E-state index in [1.165, 1.54) is 0 Å². The van der Waals surface area contributed by atoms with Crippen LogP contribution in [0.15, 0.2) is 22.4 Å². The highest BCUT2D eigenvalue weighted by Crippen LogP contribution is 1.86. The van der Waals surface area contributed by atoms with Crippen LogP contribution in [0.2, 0.25) is 0 Å². The Bertz CT molecular complexity index is 114. The Morgan fingerprint density at radius 1 is 1.44 bits per heavy atom. The van der Waals surface area contributed by atoms with Crippen LogP contribution in [-0.2, 0) is 0 Å². The van der Waals surface area contributed by atoms with E-state index in [0.717, 1.165) is 12.8 Å². The molecule has 0 N–H and O–H groups in total. The average molecular weight is 124 g/mol. The van der Waals surface area contributed by atoms with Crippen LogP contribution >= 0.6 is 0 Å². The van der Waals surface area contributed by atoms with E-state index >= 15 is 0 Å². The summed E-state index contributed by atoms with van der Waals surface area (Å²) in [6.45, 7) is 5.22. The molecule has 9 heavy (non-hydrogen) atoms. The lowest BCUT2D eigenvalue weighted by Gasteiger charge is -1.80. The largest absolute Gasteiger partial charge is 0.167 e. The molecule has 0 aliphatic carbocycles. The molecule has 0 aliphatic heterocycles. The van der Waals surface area contributed by atoms with Crippen LogP contribution in [0.1, 0.15) is 19.8 Å². The minimum Gasteiger partial charge on any atom is -0.167 e. The summed E-state index contributed by atoms with van der Waals surface area (Å²) in [5.41, 5.74) is 0. The van der Waals surface area contributed by atoms with Gasteiger partial charge in [0.2, 0.25) is 0 Å². The van der Waals surface area contributed by atoms with Gasteiger partial charge in [0, 0.05) is 12.9 Å². The number of unbranched alkanes of at least 4 members (excludes halogenated alkanes) is 1. The zero-order valence-corrected chi connectivity index (χ0v) is 5.75. The first-order chi connectivity index (χ1) is 4.41. The summed E-state index contributed by atoms with van der Waals surface area (Å²) in [6.07, 6.45) is 7.86. The van der Waals surface area contributed by atoms with Gasteiger partial charge in [0.25, 0.3) is 0 Å². The maximum Gasteiger partial charge on any atom is 0.0273 e. The fraction of sp³-hybridized carbons (Fsp3) is 0.429. The predicted octanol–water partition coefficient (Wildman–Crippen LogP) is 2.03. The Labute approximate surface area is 56.0 Å². The van der Waals surface area contributed by atoms with Gasteiger partial charge in [0.1, 0.15) is 0 Å². The van der Waals surface area contributed by atoms with E-state index in [9.17, 15) is 0 Å². The molecule has 2 heteroatoms. The zero-order valence-electron chi connectivity index (χ0n) is 5.75. The first-order valence-electron chi connectivity index (χ1n) is 3.00. The molecule has 0 saturated carbocycles. The van der Waals surface area contributed by atoms with Crippen molar-refractivity contribution in [2.75, 3.05) is 0 Å². The van der Waals surface area contributed by atoms with Crippen molar-refractivity contribution in [3.63, 3.8) is 0 Å². The number of rotatable bonds is 4. The number of hydrogen-bond donors (Lipinski definition) is 0. The SMILES string of the molecule is C=N/N=C\CCC=CC. The van der Waals surface area contributed by atoms with Gasteiger partial charge in [-0.05, 0) is 19.8 Å². The molecule has 0 fully saturated rings. The van der Waals surface area contributed by atoms with Crippen molar-refractivity contribution in [3.05, 3.63) is 12.2 Å². The topological polar surface area (TPSA) is 24.7 Å². The molecule has 0 bridgehead atoms. The predicted molar refractivity (Wildman–Crippen MR) is 42.1 cm³/mol. The summed E-state index contributed by atoms with van der Waals surface area (Å²) in [6, 6.07) is 0. The molecule has 0 aromatic rings. The number of allylic oxidation sites excluding steroid dienone is 2. The fourth-order valence-electron chi connectivity index (χ4n) is 0.453. The highest BCUT2D eigenvalue weighted by Gasteiger charge is 1.72. The van der Waals surface area contributed by atoms with Crippen LogP contribution in [0.4, 0.5) is 0 Å². The van der Waals surface area contributed by atoms with Crippen molar-refractivity contribution in [2.45, 2.75) is 19.8 Å². The van der Waals surface area contributed by atoms with Gasteiger partial charge in [-0.25, -0.2) is 0 Å². The standard InChI is InChI=1S/C7H12N2/c1-3-4-5-6-7-9-8-2/h3-4,7H,2,5-6H2,1H3/b4-3?,9-7-. The van der Waals surface area contributed by atoms with Crippen LogP contribution in [0.3, 0.4) is 0 Å². The highest BCUT2D eigenvalue weighted by molar-refractivity contribution is 5.57. The lowest BCUT2D eigenvalue weighted by Crippen LogP contribution is -1.70. The summed E-state index contributed by atoms with van der Waals surface area (Å²) in [4.78, 5) is 0. The van der Waals surface area contributed by atoms with E-state index in [-0.39, 0.29) is 0 Å². The maximum absolute atomic E-state index is 3.60.